The van der Waals surface area contributed by atoms with Crippen molar-refractivity contribution in [1.29, 1.82) is 0 Å². The second-order valence-electron chi connectivity index (χ2n) is 7.83. The maximum Gasteiger partial charge on any atom is 0.236 e. The summed E-state index contributed by atoms with van der Waals surface area (Å²) in [6.07, 6.45) is 3.76. The lowest BCUT2D eigenvalue weighted by Crippen LogP contribution is -2.52. The molecular weight excluding hydrogens is 359 g/mol. The largest absolute Gasteiger partial charge is 0.339 e. The Morgan fingerprint density at radius 2 is 1.79 bits per heavy atom. The van der Waals surface area contributed by atoms with Crippen molar-refractivity contribution in [1.82, 2.24) is 14.7 Å². The fourth-order valence-electron chi connectivity index (χ4n) is 3.96. The predicted octanol–water partition coefficient (Wildman–Crippen LogP) is 2.17. The van der Waals surface area contributed by atoms with Crippen LogP contribution in [0.15, 0.2) is 24.3 Å². The standard InChI is InChI=1S/C21H31FN4O2/c1-17-6-4-5-10-26(17)21(28)16-25-14-12-24(13-15-25)11-9-20(27)23-19-8-3-2-7-18(19)22/h2-3,7-8,17H,4-6,9-16H2,1H3,(H,23,27)/t17-/m1/s1. The van der Waals surface area contributed by atoms with Crippen molar-refractivity contribution in [2.75, 3.05) is 51.1 Å². The highest BCUT2D eigenvalue weighted by Gasteiger charge is 2.26. The maximum atomic E-state index is 13.6. The van der Waals surface area contributed by atoms with Crippen LogP contribution in [0, 0.1) is 5.82 Å². The molecule has 0 unspecified atom stereocenters. The summed E-state index contributed by atoms with van der Waals surface area (Å²) in [5.74, 6) is -0.358. The molecule has 6 nitrogen and oxygen atoms in total. The number of halogens is 1. The van der Waals surface area contributed by atoms with Gasteiger partial charge in [0.25, 0.3) is 0 Å². The number of likely N-dealkylation sites (tertiary alicyclic amines) is 1. The van der Waals surface area contributed by atoms with Crippen LogP contribution < -0.4 is 5.32 Å². The number of piperazine rings is 1. The van der Waals surface area contributed by atoms with E-state index in [0.29, 0.717) is 25.6 Å². The van der Waals surface area contributed by atoms with Gasteiger partial charge in [-0.25, -0.2) is 4.39 Å². The van der Waals surface area contributed by atoms with Gasteiger partial charge in [0.05, 0.1) is 12.2 Å². The van der Waals surface area contributed by atoms with Crippen LogP contribution in [0.25, 0.3) is 0 Å². The molecule has 0 aromatic heterocycles. The third kappa shape index (κ3) is 5.75. The molecule has 154 valence electrons. The molecule has 1 aromatic carbocycles. The molecule has 0 spiro atoms. The third-order valence-corrected chi connectivity index (χ3v) is 5.75. The molecule has 28 heavy (non-hydrogen) atoms. The SMILES string of the molecule is C[C@@H]1CCCCN1C(=O)CN1CCN(CCC(=O)Nc2ccccc2F)CC1. The van der Waals surface area contributed by atoms with Gasteiger partial charge in [0.15, 0.2) is 0 Å². The second-order valence-corrected chi connectivity index (χ2v) is 7.83. The number of carbonyl (C=O) groups is 2. The summed E-state index contributed by atoms with van der Waals surface area (Å²) in [6.45, 7) is 7.52. The summed E-state index contributed by atoms with van der Waals surface area (Å²) < 4.78 is 13.6. The lowest BCUT2D eigenvalue weighted by molar-refractivity contribution is -0.136. The first-order valence-corrected chi connectivity index (χ1v) is 10.3. The summed E-state index contributed by atoms with van der Waals surface area (Å²) >= 11 is 0. The monoisotopic (exact) mass is 390 g/mol. The summed E-state index contributed by atoms with van der Waals surface area (Å²) in [5.41, 5.74) is 0.225. The van der Waals surface area contributed by atoms with E-state index in [1.807, 2.05) is 4.90 Å². The van der Waals surface area contributed by atoms with Crippen LogP contribution in [0.3, 0.4) is 0 Å². The Hall–Kier alpha value is -1.99. The lowest BCUT2D eigenvalue weighted by Gasteiger charge is -2.38. The molecule has 1 aromatic rings. The lowest BCUT2D eigenvalue weighted by atomic mass is 10.0. The number of amides is 2. The van der Waals surface area contributed by atoms with Crippen molar-refractivity contribution < 1.29 is 14.0 Å². The summed E-state index contributed by atoms with van der Waals surface area (Å²) in [4.78, 5) is 31.1. The zero-order valence-electron chi connectivity index (χ0n) is 16.7. The van der Waals surface area contributed by atoms with Gasteiger partial charge in [-0.2, -0.15) is 0 Å². The maximum absolute atomic E-state index is 13.6. The van der Waals surface area contributed by atoms with Crippen LogP contribution in [-0.2, 0) is 9.59 Å². The highest BCUT2D eigenvalue weighted by Crippen LogP contribution is 2.17. The van der Waals surface area contributed by atoms with Gasteiger partial charge in [-0.05, 0) is 38.3 Å². The number of hydrogen-bond acceptors (Lipinski definition) is 4. The van der Waals surface area contributed by atoms with E-state index in [4.69, 9.17) is 0 Å². The van der Waals surface area contributed by atoms with Crippen molar-refractivity contribution in [2.45, 2.75) is 38.6 Å². The number of nitrogens with one attached hydrogen (secondary N) is 1. The van der Waals surface area contributed by atoms with Crippen molar-refractivity contribution >= 4 is 17.5 Å². The number of nitrogens with zero attached hydrogens (tertiary/aromatic N) is 3. The molecule has 2 saturated heterocycles. The Morgan fingerprint density at radius 3 is 2.50 bits per heavy atom. The first kappa shape index (κ1) is 20.7. The minimum Gasteiger partial charge on any atom is -0.339 e. The average molecular weight is 391 g/mol. The van der Waals surface area contributed by atoms with Gasteiger partial charge in [0.2, 0.25) is 11.8 Å². The van der Waals surface area contributed by atoms with E-state index >= 15 is 0 Å². The van der Waals surface area contributed by atoms with E-state index in [2.05, 4.69) is 22.0 Å². The summed E-state index contributed by atoms with van der Waals surface area (Å²) in [6, 6.07) is 6.55. The van der Waals surface area contributed by atoms with Crippen molar-refractivity contribution in [3.63, 3.8) is 0 Å². The van der Waals surface area contributed by atoms with Gasteiger partial charge in [0.1, 0.15) is 5.82 Å². The van der Waals surface area contributed by atoms with E-state index < -0.39 is 5.82 Å². The van der Waals surface area contributed by atoms with Gasteiger partial charge < -0.3 is 15.1 Å². The Kier molecular flexibility index (Phi) is 7.39. The quantitative estimate of drug-likeness (QED) is 0.809. The molecule has 0 saturated carbocycles. The van der Waals surface area contributed by atoms with Crippen molar-refractivity contribution in [3.8, 4) is 0 Å². The van der Waals surface area contributed by atoms with Gasteiger partial charge in [-0.3, -0.25) is 14.5 Å². The number of rotatable bonds is 6. The number of hydrogen-bond donors (Lipinski definition) is 1. The second kappa shape index (κ2) is 9.98. The predicted molar refractivity (Wildman–Crippen MR) is 108 cm³/mol. The zero-order chi connectivity index (χ0) is 19.9. The van der Waals surface area contributed by atoms with Crippen molar-refractivity contribution in [3.05, 3.63) is 30.1 Å². The first-order valence-electron chi connectivity index (χ1n) is 10.3. The van der Waals surface area contributed by atoms with Crippen molar-refractivity contribution in [2.24, 2.45) is 0 Å². The topological polar surface area (TPSA) is 55.9 Å². The van der Waals surface area contributed by atoms with Crippen LogP contribution >= 0.6 is 0 Å². The van der Waals surface area contributed by atoms with Gasteiger partial charge in [0, 0.05) is 51.7 Å². The fraction of sp³-hybridized carbons (Fsp3) is 0.619. The zero-order valence-corrected chi connectivity index (χ0v) is 16.7. The molecule has 2 heterocycles. The smallest absolute Gasteiger partial charge is 0.236 e. The van der Waals surface area contributed by atoms with Crippen LogP contribution in [-0.4, -0.2) is 78.4 Å². The number of benzene rings is 1. The van der Waals surface area contributed by atoms with E-state index in [1.165, 1.54) is 12.5 Å². The van der Waals surface area contributed by atoms with E-state index in [1.54, 1.807) is 18.2 Å². The molecule has 1 N–H and O–H groups in total. The fourth-order valence-corrected chi connectivity index (χ4v) is 3.96. The molecule has 1 atom stereocenters. The molecule has 0 aliphatic carbocycles. The molecule has 7 heteroatoms. The van der Waals surface area contributed by atoms with Crippen LogP contribution in [0.4, 0.5) is 10.1 Å². The normalized spacial score (nSPS) is 21.5. The third-order valence-electron chi connectivity index (χ3n) is 5.75. The Morgan fingerprint density at radius 1 is 1.07 bits per heavy atom. The molecule has 2 fully saturated rings. The molecule has 3 rings (SSSR count). The Balaban J connectivity index is 1.35. The summed E-state index contributed by atoms with van der Waals surface area (Å²) in [5, 5.41) is 2.62. The summed E-state index contributed by atoms with van der Waals surface area (Å²) in [7, 11) is 0. The minimum absolute atomic E-state index is 0.179. The molecule has 2 aliphatic heterocycles. The Bertz CT molecular complexity index is 676. The molecule has 0 radical (unpaired) electrons. The van der Waals surface area contributed by atoms with Crippen LogP contribution in [0.5, 0.6) is 0 Å². The number of para-hydroxylation sites is 1. The Labute approximate surface area is 166 Å². The highest BCUT2D eigenvalue weighted by atomic mass is 19.1. The number of piperidine rings is 1. The van der Waals surface area contributed by atoms with Gasteiger partial charge in [-0.1, -0.05) is 12.1 Å². The van der Waals surface area contributed by atoms with Crippen LogP contribution in [0.1, 0.15) is 32.6 Å². The minimum atomic E-state index is -0.419. The first-order chi connectivity index (χ1) is 13.5. The molecule has 2 aliphatic rings. The van der Waals surface area contributed by atoms with E-state index in [9.17, 15) is 14.0 Å². The molecule has 0 bridgehead atoms. The number of anilines is 1. The van der Waals surface area contributed by atoms with Gasteiger partial charge in [-0.15, -0.1) is 0 Å². The average Bonchev–Trinajstić information content (AvgIpc) is 2.69. The van der Waals surface area contributed by atoms with Gasteiger partial charge >= 0.3 is 0 Å². The van der Waals surface area contributed by atoms with E-state index in [0.717, 1.165) is 45.6 Å². The molecular formula is C21H31FN4O2. The highest BCUT2D eigenvalue weighted by molar-refractivity contribution is 5.90. The molecule has 2 amide bonds. The number of carbonyl (C=O) groups excluding carboxylic acids is 2. The van der Waals surface area contributed by atoms with Crippen LogP contribution in [0.2, 0.25) is 0 Å². The van der Waals surface area contributed by atoms with E-state index in [-0.39, 0.29) is 17.5 Å².